The summed E-state index contributed by atoms with van der Waals surface area (Å²) in [5.74, 6) is -2.26. The van der Waals surface area contributed by atoms with Gasteiger partial charge >= 0.3 is 5.97 Å². The van der Waals surface area contributed by atoms with Crippen LogP contribution in [0.4, 0.5) is 0 Å². The summed E-state index contributed by atoms with van der Waals surface area (Å²) in [6.45, 7) is 0.576. The van der Waals surface area contributed by atoms with Crippen molar-refractivity contribution in [3.8, 4) is 5.75 Å². The van der Waals surface area contributed by atoms with Crippen LogP contribution in [0.5, 0.6) is 5.75 Å². The minimum absolute atomic E-state index is 0.0765. The topological polar surface area (TPSA) is 101 Å². The lowest BCUT2D eigenvalue weighted by atomic mass is 9.89. The molecule has 0 radical (unpaired) electrons. The number of unbranched alkanes of at least 4 members (excludes halogenated alkanes) is 2. The van der Waals surface area contributed by atoms with E-state index in [4.69, 9.17) is 22.4 Å². The smallest absolute Gasteiger partial charge is 0.304 e. The van der Waals surface area contributed by atoms with Gasteiger partial charge in [-0.05, 0) is 37.6 Å². The Kier molecular flexibility index (Phi) is 7.19. The van der Waals surface area contributed by atoms with E-state index in [9.17, 15) is 14.7 Å². The van der Waals surface area contributed by atoms with Crippen molar-refractivity contribution in [3.63, 3.8) is 0 Å². The minimum Gasteiger partial charge on any atom is -0.507 e. The van der Waals surface area contributed by atoms with Gasteiger partial charge in [0.25, 0.3) is 0 Å². The van der Waals surface area contributed by atoms with Crippen molar-refractivity contribution in [1.29, 1.82) is 0 Å². The third-order valence-corrected chi connectivity index (χ3v) is 3.51. The number of halogens is 1. The Hall–Kier alpha value is -1.59. The van der Waals surface area contributed by atoms with Gasteiger partial charge in [-0.25, -0.2) is 0 Å². The third kappa shape index (κ3) is 5.73. The van der Waals surface area contributed by atoms with Gasteiger partial charge in [0.2, 0.25) is 0 Å². The molecular formula is C15H20ClNO4. The molecule has 0 aromatic heterocycles. The largest absolute Gasteiger partial charge is 0.507 e. The van der Waals surface area contributed by atoms with E-state index >= 15 is 0 Å². The zero-order chi connectivity index (χ0) is 15.8. The van der Waals surface area contributed by atoms with Crippen LogP contribution in [0.3, 0.4) is 0 Å². The Morgan fingerprint density at radius 1 is 1.24 bits per heavy atom. The number of hydrogen-bond acceptors (Lipinski definition) is 4. The second-order valence-electron chi connectivity index (χ2n) is 4.96. The Balaban J connectivity index is 2.83. The molecule has 0 amide bonds. The molecule has 6 heteroatoms. The number of carbonyl (C=O) groups excluding carboxylic acids is 1. The number of nitrogens with two attached hydrogens (primary N) is 1. The maximum Gasteiger partial charge on any atom is 0.304 e. The molecule has 0 saturated heterocycles. The molecule has 0 bridgehead atoms. The fraction of sp³-hybridized carbons (Fsp3) is 0.467. The molecule has 0 heterocycles. The number of hydrogen-bond donors (Lipinski definition) is 3. The van der Waals surface area contributed by atoms with Gasteiger partial charge in [-0.2, -0.15) is 0 Å². The zero-order valence-corrected chi connectivity index (χ0v) is 12.5. The fourth-order valence-electron chi connectivity index (χ4n) is 2.17. The molecule has 0 spiro atoms. The summed E-state index contributed by atoms with van der Waals surface area (Å²) in [6, 6.07) is 4.18. The van der Waals surface area contributed by atoms with E-state index < -0.39 is 11.9 Å². The van der Waals surface area contributed by atoms with Crippen LogP contribution in [-0.2, 0) is 4.79 Å². The van der Waals surface area contributed by atoms with Gasteiger partial charge in [-0.1, -0.05) is 24.4 Å². The monoisotopic (exact) mass is 313 g/mol. The number of phenols is 1. The maximum absolute atomic E-state index is 12.4. The molecule has 1 unspecified atom stereocenters. The summed E-state index contributed by atoms with van der Waals surface area (Å²) in [7, 11) is 0. The first kappa shape index (κ1) is 17.5. The summed E-state index contributed by atoms with van der Waals surface area (Å²) in [5.41, 5.74) is 5.48. The summed E-state index contributed by atoms with van der Waals surface area (Å²) in [4.78, 5) is 23.3. The van der Waals surface area contributed by atoms with E-state index in [0.717, 1.165) is 19.3 Å². The van der Waals surface area contributed by atoms with Gasteiger partial charge in [0.05, 0.1) is 12.0 Å². The molecule has 0 saturated carbocycles. The molecule has 0 fully saturated rings. The number of Topliss-reactive ketones (excluding diaryl/α,β-unsaturated/α-hetero) is 1. The number of ketones is 1. The summed E-state index contributed by atoms with van der Waals surface area (Å²) >= 11 is 5.82. The first-order valence-electron chi connectivity index (χ1n) is 6.90. The summed E-state index contributed by atoms with van der Waals surface area (Å²) in [5, 5.41) is 19.0. The van der Waals surface area contributed by atoms with Crippen LogP contribution in [0.2, 0.25) is 5.02 Å². The zero-order valence-electron chi connectivity index (χ0n) is 11.7. The first-order valence-corrected chi connectivity index (χ1v) is 7.28. The average molecular weight is 314 g/mol. The number of aliphatic carboxylic acids is 1. The molecule has 21 heavy (non-hydrogen) atoms. The molecule has 5 nitrogen and oxygen atoms in total. The van der Waals surface area contributed by atoms with Crippen molar-refractivity contribution >= 4 is 23.4 Å². The fourth-order valence-corrected chi connectivity index (χ4v) is 2.35. The number of rotatable bonds is 9. The Labute approximate surface area is 128 Å². The van der Waals surface area contributed by atoms with Gasteiger partial charge in [0, 0.05) is 10.9 Å². The summed E-state index contributed by atoms with van der Waals surface area (Å²) < 4.78 is 0. The number of carboxylic acids is 1. The van der Waals surface area contributed by atoms with E-state index in [-0.39, 0.29) is 23.5 Å². The predicted octanol–water partition coefficient (Wildman–Crippen LogP) is 2.84. The standard InChI is InChI=1S/C15H20ClNO4/c16-11-5-6-13(18)12(9-11)15(21)10(8-14(19)20)4-2-1-3-7-17/h5-6,9-10,18H,1-4,7-8,17H2,(H,19,20). The number of aromatic hydroxyl groups is 1. The van der Waals surface area contributed by atoms with Gasteiger partial charge in [-0.15, -0.1) is 0 Å². The van der Waals surface area contributed by atoms with Gasteiger partial charge < -0.3 is 15.9 Å². The highest BCUT2D eigenvalue weighted by molar-refractivity contribution is 6.31. The van der Waals surface area contributed by atoms with E-state index in [1.165, 1.54) is 18.2 Å². The van der Waals surface area contributed by atoms with Crippen molar-refractivity contribution < 1.29 is 19.8 Å². The first-order chi connectivity index (χ1) is 9.95. The highest BCUT2D eigenvalue weighted by Crippen LogP contribution is 2.27. The number of phenolic OH excluding ortho intramolecular Hbond substituents is 1. The van der Waals surface area contributed by atoms with Crippen LogP contribution in [0.25, 0.3) is 0 Å². The van der Waals surface area contributed by atoms with Crippen molar-refractivity contribution in [3.05, 3.63) is 28.8 Å². The Morgan fingerprint density at radius 2 is 1.95 bits per heavy atom. The molecule has 1 aromatic rings. The van der Waals surface area contributed by atoms with Crippen molar-refractivity contribution in [2.24, 2.45) is 11.7 Å². The molecular weight excluding hydrogens is 294 g/mol. The van der Waals surface area contributed by atoms with Crippen LogP contribution in [-0.4, -0.2) is 28.5 Å². The van der Waals surface area contributed by atoms with Crippen LogP contribution >= 0.6 is 11.6 Å². The average Bonchev–Trinajstić information content (AvgIpc) is 2.43. The van der Waals surface area contributed by atoms with Crippen LogP contribution < -0.4 is 5.73 Å². The quantitative estimate of drug-likeness (QED) is 0.481. The predicted molar refractivity (Wildman–Crippen MR) is 80.7 cm³/mol. The van der Waals surface area contributed by atoms with E-state index in [1.54, 1.807) is 0 Å². The van der Waals surface area contributed by atoms with Crippen molar-refractivity contribution in [1.82, 2.24) is 0 Å². The van der Waals surface area contributed by atoms with Crippen molar-refractivity contribution in [2.45, 2.75) is 32.1 Å². The minimum atomic E-state index is -1.03. The van der Waals surface area contributed by atoms with Crippen LogP contribution in [0, 0.1) is 5.92 Å². The second-order valence-corrected chi connectivity index (χ2v) is 5.39. The number of benzene rings is 1. The highest BCUT2D eigenvalue weighted by Gasteiger charge is 2.24. The molecule has 0 aliphatic rings. The number of carbonyl (C=O) groups is 2. The maximum atomic E-state index is 12.4. The third-order valence-electron chi connectivity index (χ3n) is 3.27. The lowest BCUT2D eigenvalue weighted by Crippen LogP contribution is -2.19. The van der Waals surface area contributed by atoms with E-state index in [2.05, 4.69) is 0 Å². The number of carboxylic acid groups (broad SMARTS) is 1. The van der Waals surface area contributed by atoms with Gasteiger partial charge in [-0.3, -0.25) is 9.59 Å². The molecule has 0 aliphatic heterocycles. The lowest BCUT2D eigenvalue weighted by molar-refractivity contribution is -0.137. The van der Waals surface area contributed by atoms with Crippen LogP contribution in [0.1, 0.15) is 42.5 Å². The molecule has 1 rings (SSSR count). The van der Waals surface area contributed by atoms with Crippen LogP contribution in [0.15, 0.2) is 18.2 Å². The Morgan fingerprint density at radius 3 is 2.57 bits per heavy atom. The van der Waals surface area contributed by atoms with E-state index in [1.807, 2.05) is 0 Å². The normalized spacial score (nSPS) is 12.1. The van der Waals surface area contributed by atoms with E-state index in [0.29, 0.717) is 18.0 Å². The summed E-state index contributed by atoms with van der Waals surface area (Å²) in [6.07, 6.45) is 2.62. The molecule has 0 aliphatic carbocycles. The molecule has 4 N–H and O–H groups in total. The second kappa shape index (κ2) is 8.64. The Bertz CT molecular complexity index is 504. The van der Waals surface area contributed by atoms with Gasteiger partial charge in [0.15, 0.2) is 5.78 Å². The molecule has 116 valence electrons. The molecule has 1 atom stereocenters. The van der Waals surface area contributed by atoms with Gasteiger partial charge in [0.1, 0.15) is 5.75 Å². The molecule has 1 aromatic carbocycles. The van der Waals surface area contributed by atoms with Crippen molar-refractivity contribution in [2.75, 3.05) is 6.54 Å². The SMILES string of the molecule is NCCCCCC(CC(=O)O)C(=O)c1cc(Cl)ccc1O. The lowest BCUT2D eigenvalue weighted by Gasteiger charge is -2.14. The highest BCUT2D eigenvalue weighted by atomic mass is 35.5.